The van der Waals surface area contributed by atoms with Gasteiger partial charge in [-0.3, -0.25) is 0 Å². The number of ether oxygens (including phenoxy) is 1. The van der Waals surface area contributed by atoms with Crippen molar-refractivity contribution in [3.63, 3.8) is 0 Å². The first-order chi connectivity index (χ1) is 9.33. The lowest BCUT2D eigenvalue weighted by molar-refractivity contribution is 0.199. The van der Waals surface area contributed by atoms with Crippen LogP contribution in [0.25, 0.3) is 0 Å². The maximum Gasteiger partial charge on any atom is 0.140 e. The van der Waals surface area contributed by atoms with Crippen molar-refractivity contribution in [3.8, 4) is 0 Å². The minimum absolute atomic E-state index is 0.569. The van der Waals surface area contributed by atoms with Gasteiger partial charge in [0.05, 0.1) is 6.61 Å². The first-order valence-electron chi connectivity index (χ1n) is 7.49. The predicted octanol–water partition coefficient (Wildman–Crippen LogP) is 2.46. The van der Waals surface area contributed by atoms with Crippen molar-refractivity contribution in [3.05, 3.63) is 17.0 Å². The van der Waals surface area contributed by atoms with Crippen LogP contribution in [0.5, 0.6) is 0 Å². The Morgan fingerprint density at radius 3 is 2.95 bits per heavy atom. The van der Waals surface area contributed by atoms with Gasteiger partial charge in [0.2, 0.25) is 0 Å². The van der Waals surface area contributed by atoms with Crippen molar-refractivity contribution in [1.82, 2.24) is 10.5 Å². The second kappa shape index (κ2) is 5.63. The first-order valence-corrected chi connectivity index (χ1v) is 7.49. The van der Waals surface area contributed by atoms with Gasteiger partial charge in [-0.05, 0) is 31.1 Å². The lowest BCUT2D eigenvalue weighted by Crippen LogP contribution is -2.27. The molecule has 0 unspecified atom stereocenters. The van der Waals surface area contributed by atoms with Crippen molar-refractivity contribution < 1.29 is 9.26 Å². The Morgan fingerprint density at radius 1 is 1.32 bits per heavy atom. The van der Waals surface area contributed by atoms with Crippen LogP contribution in [0, 0.1) is 5.41 Å². The molecule has 0 saturated heterocycles. The standard InChI is InChI=1S/C15H24N2O2/c1-18-9-8-16-11-13-12-10-15(5-2-3-6-15)7-4-14(12)19-17-13/h16H,2-11H2,1H3. The van der Waals surface area contributed by atoms with Crippen molar-refractivity contribution in [1.29, 1.82) is 0 Å². The molecule has 1 N–H and O–H groups in total. The second-order valence-corrected chi connectivity index (χ2v) is 6.08. The quantitative estimate of drug-likeness (QED) is 0.830. The molecule has 0 aromatic carbocycles. The summed E-state index contributed by atoms with van der Waals surface area (Å²) in [5.74, 6) is 1.14. The minimum atomic E-state index is 0.569. The van der Waals surface area contributed by atoms with Gasteiger partial charge < -0.3 is 14.6 Å². The lowest BCUT2D eigenvalue weighted by Gasteiger charge is -2.32. The van der Waals surface area contributed by atoms with Crippen LogP contribution in [0.3, 0.4) is 0 Å². The highest BCUT2D eigenvalue weighted by Crippen LogP contribution is 2.48. The van der Waals surface area contributed by atoms with Gasteiger partial charge in [-0.2, -0.15) is 0 Å². The molecule has 1 spiro atoms. The molecule has 2 aliphatic rings. The van der Waals surface area contributed by atoms with Crippen LogP contribution in [0.15, 0.2) is 4.52 Å². The summed E-state index contributed by atoms with van der Waals surface area (Å²) in [5.41, 5.74) is 3.09. The number of aromatic nitrogens is 1. The third kappa shape index (κ3) is 2.70. The third-order valence-corrected chi connectivity index (χ3v) is 4.82. The molecule has 0 amide bonds. The average molecular weight is 264 g/mol. The number of rotatable bonds is 5. The summed E-state index contributed by atoms with van der Waals surface area (Å²) in [5, 5.41) is 7.64. The highest BCUT2D eigenvalue weighted by Gasteiger charge is 2.39. The van der Waals surface area contributed by atoms with Gasteiger partial charge in [0.25, 0.3) is 0 Å². The Kier molecular flexibility index (Phi) is 3.89. The van der Waals surface area contributed by atoms with E-state index in [4.69, 9.17) is 9.26 Å². The second-order valence-electron chi connectivity index (χ2n) is 6.08. The summed E-state index contributed by atoms with van der Waals surface area (Å²) < 4.78 is 10.6. The van der Waals surface area contributed by atoms with Gasteiger partial charge >= 0.3 is 0 Å². The summed E-state index contributed by atoms with van der Waals surface area (Å²) in [6.07, 6.45) is 9.17. The number of hydrogen-bond donors (Lipinski definition) is 1. The zero-order valence-corrected chi connectivity index (χ0v) is 11.8. The van der Waals surface area contributed by atoms with Gasteiger partial charge in [-0.25, -0.2) is 0 Å². The van der Waals surface area contributed by atoms with E-state index in [1.54, 1.807) is 7.11 Å². The highest BCUT2D eigenvalue weighted by atomic mass is 16.5. The zero-order chi connectivity index (χ0) is 13.1. The van der Waals surface area contributed by atoms with E-state index in [1.807, 2.05) is 0 Å². The Bertz CT molecular complexity index is 422. The summed E-state index contributed by atoms with van der Waals surface area (Å²) in [6, 6.07) is 0. The van der Waals surface area contributed by atoms with E-state index in [9.17, 15) is 0 Å². The molecule has 0 aliphatic heterocycles. The van der Waals surface area contributed by atoms with E-state index in [1.165, 1.54) is 44.1 Å². The van der Waals surface area contributed by atoms with E-state index in [-0.39, 0.29) is 0 Å². The summed E-state index contributed by atoms with van der Waals surface area (Å²) in [7, 11) is 1.73. The largest absolute Gasteiger partial charge is 0.383 e. The van der Waals surface area contributed by atoms with Crippen LogP contribution in [0.2, 0.25) is 0 Å². The maximum absolute atomic E-state index is 5.53. The first kappa shape index (κ1) is 13.1. The molecule has 1 saturated carbocycles. The molecule has 0 atom stereocenters. The van der Waals surface area contributed by atoms with Crippen molar-refractivity contribution in [2.24, 2.45) is 5.41 Å². The van der Waals surface area contributed by atoms with Crippen molar-refractivity contribution in [2.45, 2.75) is 51.5 Å². The zero-order valence-electron chi connectivity index (χ0n) is 11.8. The number of nitrogens with one attached hydrogen (secondary N) is 1. The van der Waals surface area contributed by atoms with Gasteiger partial charge in [0.1, 0.15) is 11.5 Å². The molecule has 1 heterocycles. The molecular formula is C15H24N2O2. The van der Waals surface area contributed by atoms with Gasteiger partial charge in [-0.1, -0.05) is 18.0 Å². The SMILES string of the molecule is COCCNCc1noc2c1CC1(CCCC1)CC2. The molecule has 19 heavy (non-hydrogen) atoms. The van der Waals surface area contributed by atoms with Gasteiger partial charge in [0, 0.05) is 32.2 Å². The third-order valence-electron chi connectivity index (χ3n) is 4.82. The average Bonchev–Trinajstić information content (AvgIpc) is 3.03. The summed E-state index contributed by atoms with van der Waals surface area (Å²) >= 11 is 0. The van der Waals surface area contributed by atoms with Gasteiger partial charge in [-0.15, -0.1) is 0 Å². The van der Waals surface area contributed by atoms with E-state index in [2.05, 4.69) is 10.5 Å². The Labute approximate surface area is 114 Å². The lowest BCUT2D eigenvalue weighted by atomic mass is 9.72. The van der Waals surface area contributed by atoms with E-state index in [0.29, 0.717) is 5.41 Å². The summed E-state index contributed by atoms with van der Waals surface area (Å²) in [6.45, 7) is 2.41. The van der Waals surface area contributed by atoms with Crippen LogP contribution in [-0.4, -0.2) is 25.4 Å². The summed E-state index contributed by atoms with van der Waals surface area (Å²) in [4.78, 5) is 0. The highest BCUT2D eigenvalue weighted by molar-refractivity contribution is 5.28. The van der Waals surface area contributed by atoms with Gasteiger partial charge in [0.15, 0.2) is 0 Å². The molecule has 1 aromatic heterocycles. The number of aryl methyl sites for hydroxylation is 1. The van der Waals surface area contributed by atoms with Crippen LogP contribution < -0.4 is 5.32 Å². The molecule has 106 valence electrons. The smallest absolute Gasteiger partial charge is 0.140 e. The number of fused-ring (bicyclic) bond motifs is 1. The fraction of sp³-hybridized carbons (Fsp3) is 0.800. The van der Waals surface area contributed by atoms with Crippen molar-refractivity contribution in [2.75, 3.05) is 20.3 Å². The molecular weight excluding hydrogens is 240 g/mol. The topological polar surface area (TPSA) is 47.3 Å². The van der Waals surface area contributed by atoms with E-state index >= 15 is 0 Å². The molecule has 0 bridgehead atoms. The van der Waals surface area contributed by atoms with E-state index < -0.39 is 0 Å². The van der Waals surface area contributed by atoms with Crippen molar-refractivity contribution >= 4 is 0 Å². The molecule has 2 aliphatic carbocycles. The molecule has 4 nitrogen and oxygen atoms in total. The number of nitrogens with zero attached hydrogens (tertiary/aromatic N) is 1. The molecule has 4 heteroatoms. The fourth-order valence-electron chi connectivity index (χ4n) is 3.69. The number of methoxy groups -OCH3 is 1. The minimum Gasteiger partial charge on any atom is -0.383 e. The fourth-order valence-corrected chi connectivity index (χ4v) is 3.69. The van der Waals surface area contributed by atoms with Crippen LogP contribution in [-0.2, 0) is 24.1 Å². The maximum atomic E-state index is 5.53. The Morgan fingerprint density at radius 2 is 2.16 bits per heavy atom. The molecule has 3 rings (SSSR count). The predicted molar refractivity (Wildman–Crippen MR) is 73.0 cm³/mol. The molecule has 0 radical (unpaired) electrons. The van der Waals surface area contributed by atoms with Crippen LogP contribution in [0.1, 0.15) is 49.1 Å². The number of hydrogen-bond acceptors (Lipinski definition) is 4. The Hall–Kier alpha value is -0.870. The van der Waals surface area contributed by atoms with Crippen LogP contribution >= 0.6 is 0 Å². The van der Waals surface area contributed by atoms with Crippen LogP contribution in [0.4, 0.5) is 0 Å². The van der Waals surface area contributed by atoms with E-state index in [0.717, 1.165) is 37.6 Å². The molecule has 1 aromatic rings. The Balaban J connectivity index is 1.66. The molecule has 1 fully saturated rings. The monoisotopic (exact) mass is 264 g/mol. The normalized spacial score (nSPS) is 20.9.